The maximum absolute atomic E-state index is 12.7. The van der Waals surface area contributed by atoms with E-state index < -0.39 is 0 Å². The summed E-state index contributed by atoms with van der Waals surface area (Å²) >= 11 is 4.83. The van der Waals surface area contributed by atoms with Crippen molar-refractivity contribution in [2.45, 2.75) is 20.1 Å². The molecule has 1 aliphatic rings. The third-order valence-electron chi connectivity index (χ3n) is 6.03. The number of nitrogens with zero attached hydrogens (tertiary/aromatic N) is 1. The Kier molecular flexibility index (Phi) is 8.88. The van der Waals surface area contributed by atoms with Crippen LogP contribution in [-0.4, -0.2) is 18.2 Å². The van der Waals surface area contributed by atoms with Gasteiger partial charge in [-0.25, -0.2) is 4.99 Å². The Morgan fingerprint density at radius 3 is 2.35 bits per heavy atom. The number of carbonyl (C=O) groups excluding carboxylic acids is 1. The van der Waals surface area contributed by atoms with Crippen LogP contribution in [0.15, 0.2) is 105 Å². The van der Waals surface area contributed by atoms with E-state index in [1.807, 2.05) is 104 Å². The largest absolute Gasteiger partial charge is 0.493 e. The van der Waals surface area contributed by atoms with Gasteiger partial charge in [0.2, 0.25) is 0 Å². The molecule has 6 nitrogen and oxygen atoms in total. The molecule has 8 heteroatoms. The van der Waals surface area contributed by atoms with Crippen LogP contribution in [0.1, 0.15) is 22.3 Å². The van der Waals surface area contributed by atoms with Gasteiger partial charge in [0, 0.05) is 10.0 Å². The van der Waals surface area contributed by atoms with Gasteiger partial charge in [0.05, 0.1) is 17.7 Å². The molecule has 202 valence electrons. The van der Waals surface area contributed by atoms with Crippen molar-refractivity contribution >= 4 is 50.5 Å². The lowest BCUT2D eigenvalue weighted by atomic mass is 10.1. The molecule has 0 radical (unpaired) electrons. The Morgan fingerprint density at radius 1 is 0.850 bits per heavy atom. The number of hydrogen-bond acceptors (Lipinski definition) is 6. The molecule has 1 heterocycles. The molecule has 0 saturated carbocycles. The van der Waals surface area contributed by atoms with Gasteiger partial charge in [-0.05, 0) is 78.4 Å². The van der Waals surface area contributed by atoms with Crippen molar-refractivity contribution in [1.29, 1.82) is 0 Å². The molecule has 0 aliphatic carbocycles. The van der Waals surface area contributed by atoms with Gasteiger partial charge >= 0.3 is 0 Å². The molecule has 1 N–H and O–H groups in total. The molecule has 4 aromatic rings. The first-order valence-electron chi connectivity index (χ1n) is 12.6. The summed E-state index contributed by atoms with van der Waals surface area (Å²) in [6.07, 6.45) is 1.82. The number of halogens is 1. The van der Waals surface area contributed by atoms with E-state index in [1.54, 1.807) is 7.11 Å². The maximum atomic E-state index is 12.7. The lowest BCUT2D eigenvalue weighted by molar-refractivity contribution is -0.115. The Morgan fingerprint density at radius 2 is 1.57 bits per heavy atom. The van der Waals surface area contributed by atoms with Crippen molar-refractivity contribution in [2.24, 2.45) is 4.99 Å². The number of aryl methyl sites for hydroxylation is 1. The zero-order valence-electron chi connectivity index (χ0n) is 22.0. The summed E-state index contributed by atoms with van der Waals surface area (Å²) in [5.74, 6) is 1.75. The Bertz CT molecular complexity index is 1570. The molecule has 0 spiro atoms. The summed E-state index contributed by atoms with van der Waals surface area (Å²) in [7, 11) is 1.62. The van der Waals surface area contributed by atoms with Crippen LogP contribution in [-0.2, 0) is 18.0 Å². The van der Waals surface area contributed by atoms with Crippen molar-refractivity contribution in [1.82, 2.24) is 5.32 Å². The number of aliphatic imine (C=N–C) groups is 1. The second-order valence-electron chi connectivity index (χ2n) is 9.05. The number of carbonyl (C=O) groups is 1. The Labute approximate surface area is 246 Å². The van der Waals surface area contributed by atoms with Crippen LogP contribution in [0.3, 0.4) is 0 Å². The van der Waals surface area contributed by atoms with E-state index >= 15 is 0 Å². The zero-order valence-corrected chi connectivity index (χ0v) is 24.4. The Hall–Kier alpha value is -4.01. The number of ether oxygens (including phenoxy) is 3. The Balaban J connectivity index is 1.29. The lowest BCUT2D eigenvalue weighted by Gasteiger charge is -2.14. The predicted octanol–water partition coefficient (Wildman–Crippen LogP) is 7.82. The summed E-state index contributed by atoms with van der Waals surface area (Å²) in [5.41, 5.74) is 4.72. The van der Waals surface area contributed by atoms with E-state index in [0.717, 1.165) is 32.4 Å². The number of rotatable bonds is 9. The molecule has 5 rings (SSSR count). The number of nitrogens with one attached hydrogen (secondary N) is 1. The fraction of sp³-hybridized carbons (Fsp3) is 0.125. The van der Waals surface area contributed by atoms with Gasteiger partial charge in [-0.1, -0.05) is 70.0 Å². The van der Waals surface area contributed by atoms with Crippen LogP contribution < -0.4 is 19.5 Å². The van der Waals surface area contributed by atoms with Crippen LogP contribution in [0.25, 0.3) is 6.08 Å². The van der Waals surface area contributed by atoms with Crippen molar-refractivity contribution < 1.29 is 19.0 Å². The van der Waals surface area contributed by atoms with Crippen LogP contribution >= 0.6 is 27.7 Å². The molecule has 0 atom stereocenters. The van der Waals surface area contributed by atoms with Crippen LogP contribution in [0.5, 0.6) is 17.2 Å². The molecule has 0 unspecified atom stereocenters. The van der Waals surface area contributed by atoms with Crippen molar-refractivity contribution in [3.05, 3.63) is 123 Å². The van der Waals surface area contributed by atoms with E-state index in [1.165, 1.54) is 11.8 Å². The number of amides is 1. The minimum Gasteiger partial charge on any atom is -0.493 e. The SMILES string of the molecule is COc1cc(COc2ccc(Br)cc2/C=C2/SC(=Nc3ccc(C)cc3)NC2=O)ccc1OCc1ccccc1. The molecule has 4 aromatic carbocycles. The first-order valence-corrected chi connectivity index (χ1v) is 14.2. The summed E-state index contributed by atoms with van der Waals surface area (Å²) < 4.78 is 18.6. The highest BCUT2D eigenvalue weighted by Crippen LogP contribution is 2.33. The minimum absolute atomic E-state index is 0.197. The topological polar surface area (TPSA) is 69.2 Å². The van der Waals surface area contributed by atoms with Gasteiger partial charge in [0.1, 0.15) is 19.0 Å². The standard InChI is InChI=1S/C32H27BrN2O4S/c1-21-8-12-26(13-9-21)34-32-35-31(36)30(40-32)18-24-17-25(33)11-15-27(24)38-20-23-10-14-28(29(16-23)37-2)39-19-22-6-4-3-5-7-22/h3-18H,19-20H2,1-2H3,(H,34,35,36)/b30-18+. The third-order valence-corrected chi connectivity index (χ3v) is 7.44. The zero-order chi connectivity index (χ0) is 27.9. The lowest BCUT2D eigenvalue weighted by Crippen LogP contribution is -2.19. The number of thioether (sulfide) groups is 1. The van der Waals surface area contributed by atoms with Crippen LogP contribution in [0.4, 0.5) is 5.69 Å². The predicted molar refractivity (Wildman–Crippen MR) is 164 cm³/mol. The molecular weight excluding hydrogens is 588 g/mol. The summed E-state index contributed by atoms with van der Waals surface area (Å²) in [5, 5.41) is 3.39. The molecule has 1 fully saturated rings. The van der Waals surface area contributed by atoms with Crippen molar-refractivity contribution in [2.75, 3.05) is 7.11 Å². The quantitative estimate of drug-likeness (QED) is 0.195. The smallest absolute Gasteiger partial charge is 0.264 e. The number of benzene rings is 4. The molecule has 40 heavy (non-hydrogen) atoms. The highest BCUT2D eigenvalue weighted by Gasteiger charge is 2.24. The average molecular weight is 616 g/mol. The highest BCUT2D eigenvalue weighted by atomic mass is 79.9. The fourth-order valence-electron chi connectivity index (χ4n) is 3.94. The second kappa shape index (κ2) is 12.9. The molecule has 0 aromatic heterocycles. The summed E-state index contributed by atoms with van der Waals surface area (Å²) in [4.78, 5) is 17.8. The first-order chi connectivity index (χ1) is 19.5. The van der Waals surface area contributed by atoms with Gasteiger partial charge in [-0.15, -0.1) is 0 Å². The maximum Gasteiger partial charge on any atom is 0.264 e. The van der Waals surface area contributed by atoms with E-state index in [9.17, 15) is 4.79 Å². The van der Waals surface area contributed by atoms with Crippen molar-refractivity contribution in [3.63, 3.8) is 0 Å². The van der Waals surface area contributed by atoms with Gasteiger partial charge in [-0.2, -0.15) is 0 Å². The summed E-state index contributed by atoms with van der Waals surface area (Å²) in [6, 6.07) is 29.3. The van der Waals surface area contributed by atoms with Crippen molar-refractivity contribution in [3.8, 4) is 17.2 Å². The molecular formula is C32H27BrN2O4S. The number of methoxy groups -OCH3 is 1. The normalized spacial score (nSPS) is 14.8. The molecule has 1 saturated heterocycles. The number of amidine groups is 1. The highest BCUT2D eigenvalue weighted by molar-refractivity contribution is 9.10. The van der Waals surface area contributed by atoms with E-state index in [-0.39, 0.29) is 5.91 Å². The molecule has 0 bridgehead atoms. The van der Waals surface area contributed by atoms with E-state index in [0.29, 0.717) is 40.5 Å². The van der Waals surface area contributed by atoms with E-state index in [2.05, 4.69) is 26.2 Å². The summed E-state index contributed by atoms with van der Waals surface area (Å²) in [6.45, 7) is 2.79. The van der Waals surface area contributed by atoms with Gasteiger partial charge in [0.15, 0.2) is 16.7 Å². The third kappa shape index (κ3) is 7.14. The molecule has 1 aliphatic heterocycles. The second-order valence-corrected chi connectivity index (χ2v) is 11.0. The fourth-order valence-corrected chi connectivity index (χ4v) is 5.15. The minimum atomic E-state index is -0.197. The van der Waals surface area contributed by atoms with E-state index in [4.69, 9.17) is 14.2 Å². The molecule has 1 amide bonds. The van der Waals surface area contributed by atoms with Crippen LogP contribution in [0, 0.1) is 6.92 Å². The average Bonchev–Trinajstić information content (AvgIpc) is 3.31. The first kappa shape index (κ1) is 27.6. The van der Waals surface area contributed by atoms with Gasteiger partial charge < -0.3 is 19.5 Å². The number of hydrogen-bond donors (Lipinski definition) is 1. The van der Waals surface area contributed by atoms with Gasteiger partial charge in [0.25, 0.3) is 5.91 Å². The monoisotopic (exact) mass is 614 g/mol. The van der Waals surface area contributed by atoms with Crippen LogP contribution in [0.2, 0.25) is 0 Å². The van der Waals surface area contributed by atoms with Gasteiger partial charge in [-0.3, -0.25) is 4.79 Å².